The molecule has 7 saturated carbocycles. The Labute approximate surface area is 688 Å². The molecule has 0 aromatic rings. The lowest BCUT2D eigenvalue weighted by Crippen LogP contribution is -2.65. The second kappa shape index (κ2) is 30.0. The first-order chi connectivity index (χ1) is 54.8. The molecular formula is C98H120O19. The molecule has 1 saturated heterocycles. The molecule has 2 N–H and O–H groups in total. The van der Waals surface area contributed by atoms with Gasteiger partial charge in [0.05, 0.1) is 5.92 Å². The summed E-state index contributed by atoms with van der Waals surface area (Å²) in [6.45, 7) is 32.0. The normalized spacial score (nSPS) is 43.4. The van der Waals surface area contributed by atoms with E-state index in [9.17, 15) is 67.7 Å². The Balaban J connectivity index is 0.000000128. The van der Waals surface area contributed by atoms with Gasteiger partial charge in [-0.25, -0.2) is 0 Å². The van der Waals surface area contributed by atoms with Gasteiger partial charge in [-0.15, -0.1) is 0 Å². The molecule has 8 fully saturated rings. The summed E-state index contributed by atoms with van der Waals surface area (Å²) in [5.74, 6) is -0.419. The molecule has 0 aromatic heterocycles. The van der Waals surface area contributed by atoms with Crippen LogP contribution in [0.25, 0.3) is 0 Å². The van der Waals surface area contributed by atoms with Crippen LogP contribution in [0.15, 0.2) is 153 Å². The van der Waals surface area contributed by atoms with Crippen molar-refractivity contribution >= 4 is 70.0 Å². The molecule has 0 radical (unpaired) electrons. The van der Waals surface area contributed by atoms with Gasteiger partial charge in [-0.2, -0.15) is 0 Å². The summed E-state index contributed by atoms with van der Waals surface area (Å²) in [5.41, 5.74) is 6.10. The standard InChI is InChI=1S/C26H32O5.2C24H30O5.C24H28O4/c1-15-12-18-19(23(3)9-6-17(28)13-21(15)23)7-10-24(4)20(18)8-11-26(24)22(29)14-30-25(5,31-26)16(2)27;1-14-11-17-18(22(3)8-5-16(26)12-20(14)22)6-9-23(4)19(17)7-10-24(23,28)21(27)13-29-15(2)25;1-13-9-16-17(23(3)7-5-15(27)10-18(13)23)6-8-24(4)19(16)11-21(29-14(2)26)22(24)20(28)12-25;1-14-11-17-18-5-6-20(22(27)13-28-15(2)25)23(18,3)10-8-19(17)24(4)9-7-16(26)12-21(14)24/h6-7,9,13,15,18,20H,8,10-12,14H2,1-5H3;5-6,8,12,14,17,19,28H,7,9-11,13H2,1-4H3;5-7,10,13,16,19,21-22,25H,8-9,11-12H2,1-4H3;6-9,12,14,17-18H,5,10-11,13H2,1-4H3/t15-,18?,20?,23+,24-,25?,26-;14-,17?,19?,22+,23-,24-;13-,16?,19?,21+,22-,23+,24-;14-,17?,18?,23-,24+/m0000/s1. The lowest BCUT2D eigenvalue weighted by atomic mass is 9.49. The molecule has 1 spiro atoms. The first-order valence-electron chi connectivity index (χ1n) is 42.9. The number of hydrogen-bond donors (Lipinski definition) is 2. The molecule has 17 aliphatic rings. The topological polar surface area (TPSA) is 291 Å². The van der Waals surface area contributed by atoms with E-state index >= 15 is 0 Å². The SMILES string of the molecule is CC(=O)C1(C)OCC(=O)[C@]2(CCC3C4C[C@H](C)C5=CC(=O)C=C[C@]5(C)C4=CC[C@@]32C)O1.CC(=O)OCC(=O)C1=CCC2C3C[C@H](C)C4=CC(=O)C=C[C@]4(C)C3=CC[C@]12C.CC(=O)OCC(=O)[C@@]1(O)CCC2C3C[C@H](C)C4=CC(=O)C=C[C@]4(C)C3=CC[C@@]21C.CC(=O)O[C@@H]1CC2C3C[C@H](C)C4=CC(=O)C=C[C@]4(C)C3=CC[C@]2(C)[C@H]1C(=O)CO. The quantitative estimate of drug-likeness (QED) is 0.117. The summed E-state index contributed by atoms with van der Waals surface area (Å²) in [6, 6.07) is 0. The Morgan fingerprint density at radius 1 is 0.479 bits per heavy atom. The van der Waals surface area contributed by atoms with Crippen LogP contribution in [-0.2, 0) is 81.2 Å². The van der Waals surface area contributed by atoms with Gasteiger partial charge in [0.25, 0.3) is 0 Å². The second-order valence-corrected chi connectivity index (χ2v) is 39.6. The highest BCUT2D eigenvalue weighted by Gasteiger charge is 2.71. The van der Waals surface area contributed by atoms with Gasteiger partial charge >= 0.3 is 17.9 Å². The fourth-order valence-electron chi connectivity index (χ4n) is 27.3. The number of aliphatic hydroxyl groups excluding tert-OH is 1. The van der Waals surface area contributed by atoms with Crippen LogP contribution in [0.1, 0.15) is 208 Å². The van der Waals surface area contributed by atoms with Crippen molar-refractivity contribution < 1.29 is 91.4 Å². The lowest BCUT2D eigenvalue weighted by molar-refractivity contribution is -0.301. The summed E-state index contributed by atoms with van der Waals surface area (Å²) in [5, 5.41) is 21.1. The first-order valence-corrected chi connectivity index (χ1v) is 42.9. The Morgan fingerprint density at radius 3 is 1.33 bits per heavy atom. The molecule has 1 heterocycles. The second-order valence-electron chi connectivity index (χ2n) is 39.6. The fraction of sp³-hybridized carbons (Fsp3) is 0.612. The lowest BCUT2D eigenvalue weighted by Gasteiger charge is -2.57. The Bertz CT molecular complexity index is 4800. The first kappa shape index (κ1) is 85.3. The number of ether oxygens (including phenoxy) is 5. The summed E-state index contributed by atoms with van der Waals surface area (Å²) >= 11 is 0. The molecule has 626 valence electrons. The van der Waals surface area contributed by atoms with Crippen LogP contribution < -0.4 is 0 Å². The van der Waals surface area contributed by atoms with E-state index in [4.69, 9.17) is 23.7 Å². The van der Waals surface area contributed by atoms with Crippen molar-refractivity contribution in [3.05, 3.63) is 153 Å². The molecule has 16 aliphatic carbocycles. The third kappa shape index (κ3) is 13.4. The number of carbonyl (C=O) groups excluding carboxylic acids is 12. The highest BCUT2D eigenvalue weighted by atomic mass is 16.7. The molecule has 0 amide bonds. The van der Waals surface area contributed by atoms with E-state index in [-0.39, 0.29) is 151 Å². The third-order valence-corrected chi connectivity index (χ3v) is 33.3. The van der Waals surface area contributed by atoms with Crippen LogP contribution in [0.4, 0.5) is 0 Å². The third-order valence-electron chi connectivity index (χ3n) is 33.3. The van der Waals surface area contributed by atoms with Crippen LogP contribution in [0, 0.1) is 120 Å². The summed E-state index contributed by atoms with van der Waals surface area (Å²) < 4.78 is 27.5. The molecule has 19 nitrogen and oxygen atoms in total. The largest absolute Gasteiger partial charge is 0.462 e. The maximum Gasteiger partial charge on any atom is 0.303 e. The van der Waals surface area contributed by atoms with Gasteiger partial charge in [0.15, 0.2) is 59.5 Å². The number of allylic oxidation sites excluding steroid dienone is 25. The van der Waals surface area contributed by atoms with Gasteiger partial charge in [0.1, 0.15) is 30.5 Å². The van der Waals surface area contributed by atoms with Crippen molar-refractivity contribution in [1.29, 1.82) is 0 Å². The number of Topliss-reactive ketones (excluding diaryl/α,β-unsaturated/α-hetero) is 5. The van der Waals surface area contributed by atoms with Crippen molar-refractivity contribution in [2.24, 2.45) is 120 Å². The maximum absolute atomic E-state index is 13.3. The number of fused-ring (bicyclic) bond motifs is 21. The van der Waals surface area contributed by atoms with Crippen molar-refractivity contribution in [3.8, 4) is 0 Å². The summed E-state index contributed by atoms with van der Waals surface area (Å²) in [6.07, 6.45) is 43.8. The van der Waals surface area contributed by atoms with E-state index in [0.717, 1.165) is 63.4 Å². The van der Waals surface area contributed by atoms with Crippen LogP contribution in [-0.4, -0.2) is 130 Å². The van der Waals surface area contributed by atoms with Gasteiger partial charge in [-0.1, -0.05) is 132 Å². The Kier molecular flexibility index (Phi) is 21.8. The van der Waals surface area contributed by atoms with E-state index in [1.54, 1.807) is 43.4 Å². The minimum absolute atomic E-state index is 0.0353. The van der Waals surface area contributed by atoms with Crippen molar-refractivity contribution in [2.45, 2.75) is 231 Å². The zero-order valence-corrected chi connectivity index (χ0v) is 71.5. The van der Waals surface area contributed by atoms with Crippen molar-refractivity contribution in [1.82, 2.24) is 0 Å². The predicted molar refractivity (Wildman–Crippen MR) is 437 cm³/mol. The minimum Gasteiger partial charge on any atom is -0.462 e. The van der Waals surface area contributed by atoms with Gasteiger partial charge in [-0.05, 0) is 272 Å². The fourth-order valence-corrected chi connectivity index (χ4v) is 27.3. The van der Waals surface area contributed by atoms with E-state index in [1.165, 1.54) is 72.3 Å². The van der Waals surface area contributed by atoms with Gasteiger partial charge in [-0.3, -0.25) is 57.5 Å². The van der Waals surface area contributed by atoms with E-state index in [0.29, 0.717) is 61.7 Å². The number of aliphatic hydroxyl groups is 2. The minimum atomic E-state index is -1.48. The highest BCUT2D eigenvalue weighted by Crippen LogP contribution is 2.71. The zero-order chi connectivity index (χ0) is 85.0. The molecule has 0 aromatic carbocycles. The zero-order valence-electron chi connectivity index (χ0n) is 71.5. The van der Waals surface area contributed by atoms with Crippen molar-refractivity contribution in [3.63, 3.8) is 0 Å². The smallest absolute Gasteiger partial charge is 0.303 e. The number of rotatable bonds is 10. The summed E-state index contributed by atoms with van der Waals surface area (Å²) in [7, 11) is 0. The molecule has 17 rings (SSSR count). The molecule has 25 atom stereocenters. The average Bonchev–Trinajstić information content (AvgIpc) is 1.54. The predicted octanol–water partition coefficient (Wildman–Crippen LogP) is 14.8. The Hall–Kier alpha value is -8.10. The monoisotopic (exact) mass is 1600 g/mol. The van der Waals surface area contributed by atoms with Crippen LogP contribution in [0.3, 0.4) is 0 Å². The number of carbonyl (C=O) groups is 12. The number of hydrogen-bond acceptors (Lipinski definition) is 19. The van der Waals surface area contributed by atoms with Gasteiger partial charge < -0.3 is 33.9 Å². The van der Waals surface area contributed by atoms with Crippen molar-refractivity contribution in [2.75, 3.05) is 26.4 Å². The molecule has 117 heavy (non-hydrogen) atoms. The van der Waals surface area contributed by atoms with E-state index in [2.05, 4.69) is 119 Å². The Morgan fingerprint density at radius 2 is 0.889 bits per heavy atom. The van der Waals surface area contributed by atoms with Crippen LogP contribution in [0.2, 0.25) is 0 Å². The molecule has 0 bridgehead atoms. The summed E-state index contributed by atoms with van der Waals surface area (Å²) in [4.78, 5) is 146. The maximum atomic E-state index is 13.3. The molecule has 9 unspecified atom stereocenters. The van der Waals surface area contributed by atoms with E-state index in [1.807, 2.05) is 31.2 Å². The number of ketones is 9. The highest BCUT2D eigenvalue weighted by molar-refractivity contribution is 6.04. The van der Waals surface area contributed by atoms with E-state index < -0.39 is 58.8 Å². The average molecular weight is 1600 g/mol. The number of esters is 3. The van der Waals surface area contributed by atoms with Gasteiger partial charge in [0.2, 0.25) is 11.6 Å². The van der Waals surface area contributed by atoms with Crippen LogP contribution in [0.5, 0.6) is 0 Å². The molecule has 1 aliphatic heterocycles. The molecule has 19 heteroatoms. The van der Waals surface area contributed by atoms with Gasteiger partial charge in [0, 0.05) is 71.2 Å². The van der Waals surface area contributed by atoms with Crippen LogP contribution >= 0.6 is 0 Å². The molecular weight excluding hydrogens is 1480 g/mol.